The number of hydrogen-bond acceptors (Lipinski definition) is 4. The van der Waals surface area contributed by atoms with Crippen LogP contribution >= 0.6 is 0 Å². The van der Waals surface area contributed by atoms with Crippen LogP contribution in [0.15, 0.2) is 42.7 Å². The number of aromatic nitrogens is 1. The van der Waals surface area contributed by atoms with E-state index in [-0.39, 0.29) is 0 Å². The Kier molecular flexibility index (Phi) is 4.61. The van der Waals surface area contributed by atoms with Gasteiger partial charge < -0.3 is 14.8 Å². The highest BCUT2D eigenvalue weighted by Gasteiger charge is 2.04. The van der Waals surface area contributed by atoms with Crippen molar-refractivity contribution in [2.45, 2.75) is 13.5 Å². The van der Waals surface area contributed by atoms with Crippen molar-refractivity contribution >= 4 is 5.69 Å². The molecule has 1 heterocycles. The first-order chi connectivity index (χ1) is 9.33. The number of ether oxygens (including phenoxy) is 2. The molecule has 2 aromatic rings. The van der Waals surface area contributed by atoms with E-state index < -0.39 is 0 Å². The number of methoxy groups -OCH3 is 1. The van der Waals surface area contributed by atoms with E-state index in [0.717, 1.165) is 23.7 Å². The number of hydrogen-bond donors (Lipinski definition) is 1. The van der Waals surface area contributed by atoms with Crippen LogP contribution in [0.4, 0.5) is 5.69 Å². The van der Waals surface area contributed by atoms with E-state index in [9.17, 15) is 0 Å². The molecule has 1 aromatic heterocycles. The maximum atomic E-state index is 5.48. The first kappa shape index (κ1) is 13.2. The number of rotatable bonds is 6. The Balaban J connectivity index is 2.05. The lowest BCUT2D eigenvalue weighted by Crippen LogP contribution is -2.01. The lowest BCUT2D eigenvalue weighted by atomic mass is 10.2. The van der Waals surface area contributed by atoms with Gasteiger partial charge in [-0.3, -0.25) is 4.98 Å². The number of nitrogens with zero attached hydrogens (tertiary/aromatic N) is 1. The van der Waals surface area contributed by atoms with E-state index in [1.165, 1.54) is 5.56 Å². The molecule has 0 saturated heterocycles. The van der Waals surface area contributed by atoms with Gasteiger partial charge in [-0.05, 0) is 36.8 Å². The van der Waals surface area contributed by atoms with Gasteiger partial charge in [0.1, 0.15) is 0 Å². The fraction of sp³-hybridized carbons (Fsp3) is 0.267. The van der Waals surface area contributed by atoms with Crippen LogP contribution in [0.3, 0.4) is 0 Å². The van der Waals surface area contributed by atoms with Gasteiger partial charge in [-0.15, -0.1) is 0 Å². The van der Waals surface area contributed by atoms with Gasteiger partial charge in [-0.2, -0.15) is 0 Å². The van der Waals surface area contributed by atoms with Gasteiger partial charge in [0.05, 0.1) is 13.7 Å². The maximum absolute atomic E-state index is 5.48. The largest absolute Gasteiger partial charge is 0.493 e. The highest BCUT2D eigenvalue weighted by molar-refractivity contribution is 5.54. The number of anilines is 1. The topological polar surface area (TPSA) is 43.4 Å². The summed E-state index contributed by atoms with van der Waals surface area (Å²) < 4.78 is 10.8. The average molecular weight is 258 g/mol. The predicted molar refractivity (Wildman–Crippen MR) is 75.7 cm³/mol. The Bertz CT molecular complexity index is 515. The van der Waals surface area contributed by atoms with Crippen molar-refractivity contribution in [2.75, 3.05) is 19.0 Å². The third-order valence-corrected chi connectivity index (χ3v) is 2.71. The molecule has 0 atom stereocenters. The standard InChI is InChI=1S/C15H18N2O2/c1-3-19-14-5-4-13(10-15(14)18-2)17-11-12-6-8-16-9-7-12/h4-10,17H,3,11H2,1-2H3. The zero-order valence-corrected chi connectivity index (χ0v) is 11.2. The Morgan fingerprint density at radius 1 is 1.11 bits per heavy atom. The van der Waals surface area contributed by atoms with Crippen LogP contribution in [0, 0.1) is 0 Å². The Morgan fingerprint density at radius 2 is 1.89 bits per heavy atom. The zero-order chi connectivity index (χ0) is 13.5. The lowest BCUT2D eigenvalue weighted by Gasteiger charge is -2.12. The molecule has 1 aromatic carbocycles. The monoisotopic (exact) mass is 258 g/mol. The van der Waals surface area contributed by atoms with Crippen molar-refractivity contribution in [3.63, 3.8) is 0 Å². The Morgan fingerprint density at radius 3 is 2.58 bits per heavy atom. The van der Waals surface area contributed by atoms with Gasteiger partial charge in [0.15, 0.2) is 11.5 Å². The van der Waals surface area contributed by atoms with Crippen molar-refractivity contribution in [2.24, 2.45) is 0 Å². The molecule has 0 bridgehead atoms. The third-order valence-electron chi connectivity index (χ3n) is 2.71. The summed E-state index contributed by atoms with van der Waals surface area (Å²) in [5.74, 6) is 1.50. The molecular weight excluding hydrogens is 240 g/mol. The molecule has 0 saturated carbocycles. The van der Waals surface area contributed by atoms with Crippen molar-refractivity contribution in [3.05, 3.63) is 48.3 Å². The molecule has 0 aliphatic heterocycles. The molecule has 19 heavy (non-hydrogen) atoms. The van der Waals surface area contributed by atoms with Gasteiger partial charge >= 0.3 is 0 Å². The second-order valence-electron chi connectivity index (χ2n) is 4.01. The maximum Gasteiger partial charge on any atom is 0.162 e. The normalized spacial score (nSPS) is 10.0. The van der Waals surface area contributed by atoms with E-state index in [1.807, 2.05) is 37.3 Å². The van der Waals surface area contributed by atoms with Crippen molar-refractivity contribution in [3.8, 4) is 11.5 Å². The SMILES string of the molecule is CCOc1ccc(NCc2ccncc2)cc1OC. The third kappa shape index (κ3) is 3.61. The van der Waals surface area contributed by atoms with Gasteiger partial charge in [-0.1, -0.05) is 0 Å². The first-order valence-corrected chi connectivity index (χ1v) is 6.27. The summed E-state index contributed by atoms with van der Waals surface area (Å²) in [6, 6.07) is 9.80. The molecule has 100 valence electrons. The van der Waals surface area contributed by atoms with Gasteiger partial charge in [0.25, 0.3) is 0 Å². The van der Waals surface area contributed by atoms with Crippen LogP contribution in [0.1, 0.15) is 12.5 Å². The minimum absolute atomic E-state index is 0.625. The molecule has 2 rings (SSSR count). The summed E-state index contributed by atoms with van der Waals surface area (Å²) >= 11 is 0. The smallest absolute Gasteiger partial charge is 0.162 e. The summed E-state index contributed by atoms with van der Waals surface area (Å²) in [7, 11) is 1.64. The fourth-order valence-corrected chi connectivity index (χ4v) is 1.76. The van der Waals surface area contributed by atoms with Crippen LogP contribution in [0.2, 0.25) is 0 Å². The molecule has 0 radical (unpaired) electrons. The summed E-state index contributed by atoms with van der Waals surface area (Å²) in [5, 5.41) is 3.34. The highest BCUT2D eigenvalue weighted by Crippen LogP contribution is 2.30. The highest BCUT2D eigenvalue weighted by atomic mass is 16.5. The summed E-state index contributed by atoms with van der Waals surface area (Å²) in [6.07, 6.45) is 3.57. The van der Waals surface area contributed by atoms with Crippen LogP contribution in [-0.4, -0.2) is 18.7 Å². The van der Waals surface area contributed by atoms with Crippen LogP contribution in [0.25, 0.3) is 0 Å². The van der Waals surface area contributed by atoms with E-state index >= 15 is 0 Å². The molecule has 1 N–H and O–H groups in total. The number of pyridine rings is 1. The summed E-state index contributed by atoms with van der Waals surface area (Å²) in [5.41, 5.74) is 2.18. The molecule has 4 nitrogen and oxygen atoms in total. The zero-order valence-electron chi connectivity index (χ0n) is 11.2. The van der Waals surface area contributed by atoms with Crippen molar-refractivity contribution in [1.82, 2.24) is 4.98 Å². The van der Waals surface area contributed by atoms with Crippen LogP contribution in [-0.2, 0) is 6.54 Å². The van der Waals surface area contributed by atoms with E-state index in [0.29, 0.717) is 6.61 Å². The number of benzene rings is 1. The Hall–Kier alpha value is -2.23. The summed E-state index contributed by atoms with van der Waals surface area (Å²) in [6.45, 7) is 3.33. The molecular formula is C15H18N2O2. The fourth-order valence-electron chi connectivity index (χ4n) is 1.76. The molecule has 0 amide bonds. The van der Waals surface area contributed by atoms with Gasteiger partial charge in [0.2, 0.25) is 0 Å². The molecule has 0 unspecified atom stereocenters. The predicted octanol–water partition coefficient (Wildman–Crippen LogP) is 3.10. The minimum Gasteiger partial charge on any atom is -0.493 e. The van der Waals surface area contributed by atoms with Crippen LogP contribution in [0.5, 0.6) is 11.5 Å². The van der Waals surface area contributed by atoms with Crippen molar-refractivity contribution in [1.29, 1.82) is 0 Å². The molecule has 0 fully saturated rings. The molecule has 0 spiro atoms. The molecule has 0 aliphatic carbocycles. The average Bonchev–Trinajstić information content (AvgIpc) is 2.47. The lowest BCUT2D eigenvalue weighted by molar-refractivity contribution is 0.311. The Labute approximate surface area is 113 Å². The van der Waals surface area contributed by atoms with Crippen LogP contribution < -0.4 is 14.8 Å². The van der Waals surface area contributed by atoms with Gasteiger partial charge in [0, 0.05) is 30.7 Å². The molecule has 0 aliphatic rings. The quantitative estimate of drug-likeness (QED) is 0.864. The number of nitrogens with one attached hydrogen (secondary N) is 1. The van der Waals surface area contributed by atoms with E-state index in [4.69, 9.17) is 9.47 Å². The van der Waals surface area contributed by atoms with E-state index in [2.05, 4.69) is 10.3 Å². The summed E-state index contributed by atoms with van der Waals surface area (Å²) in [4.78, 5) is 4.00. The molecule has 4 heteroatoms. The van der Waals surface area contributed by atoms with Crippen molar-refractivity contribution < 1.29 is 9.47 Å². The first-order valence-electron chi connectivity index (χ1n) is 6.27. The van der Waals surface area contributed by atoms with Gasteiger partial charge in [-0.25, -0.2) is 0 Å². The second-order valence-corrected chi connectivity index (χ2v) is 4.01. The van der Waals surface area contributed by atoms with E-state index in [1.54, 1.807) is 19.5 Å². The second kappa shape index (κ2) is 6.64. The minimum atomic E-state index is 0.625.